The van der Waals surface area contributed by atoms with Crippen LogP contribution in [0.2, 0.25) is 0 Å². The van der Waals surface area contributed by atoms with Gasteiger partial charge in [0.1, 0.15) is 11.9 Å². The second-order valence-electron chi connectivity index (χ2n) is 5.96. The fourth-order valence-corrected chi connectivity index (χ4v) is 3.06. The van der Waals surface area contributed by atoms with Gasteiger partial charge < -0.3 is 25.8 Å². The van der Waals surface area contributed by atoms with E-state index in [-0.39, 0.29) is 18.6 Å². The van der Waals surface area contributed by atoms with Gasteiger partial charge in [0.05, 0.1) is 5.69 Å². The van der Waals surface area contributed by atoms with Gasteiger partial charge in [-0.05, 0) is 31.0 Å². The molecule has 1 amide bonds. The number of aromatic nitrogens is 1. The quantitative estimate of drug-likeness (QED) is 0.501. The van der Waals surface area contributed by atoms with Gasteiger partial charge in [-0.25, -0.2) is 4.98 Å². The molecule has 0 aliphatic rings. The van der Waals surface area contributed by atoms with Gasteiger partial charge in [-0.3, -0.25) is 4.79 Å². The Labute approximate surface area is 157 Å². The summed E-state index contributed by atoms with van der Waals surface area (Å²) in [6.07, 6.45) is 0.192. The highest BCUT2D eigenvalue weighted by Gasteiger charge is 2.13. The van der Waals surface area contributed by atoms with Crippen LogP contribution in [0.1, 0.15) is 24.3 Å². The smallest absolute Gasteiger partial charge is 0.257 e. The maximum atomic E-state index is 11.2. The number of hydrogen-bond donors (Lipinski definition) is 4. The Kier molecular flexibility index (Phi) is 7.83. The van der Waals surface area contributed by atoms with E-state index in [4.69, 9.17) is 4.74 Å². The van der Waals surface area contributed by atoms with E-state index >= 15 is 0 Å². The molecule has 0 saturated heterocycles. The summed E-state index contributed by atoms with van der Waals surface area (Å²) in [6.45, 7) is 2.53. The number of rotatable bonds is 10. The lowest BCUT2D eigenvalue weighted by Crippen LogP contribution is -2.32. The Morgan fingerprint density at radius 2 is 2.04 bits per heavy atom. The van der Waals surface area contributed by atoms with Crippen LogP contribution < -0.4 is 20.7 Å². The van der Waals surface area contributed by atoms with Crippen molar-refractivity contribution >= 4 is 22.4 Å². The van der Waals surface area contributed by atoms with E-state index in [0.717, 1.165) is 17.1 Å². The second-order valence-corrected chi connectivity index (χ2v) is 6.82. The standard InChI is InChI=1S/C18H26N4O3S/c1-12(21-9-16(23)15-11-26-18(20-3)22-15)8-13-4-6-14(7-5-13)25-10-17(24)19-2/h4-7,11-12,16,21,23H,8-10H2,1-3H3,(H,19,24)(H,20,22). The molecule has 0 spiro atoms. The zero-order valence-corrected chi connectivity index (χ0v) is 16.1. The van der Waals surface area contributed by atoms with Gasteiger partial charge in [-0.15, -0.1) is 11.3 Å². The molecular formula is C18H26N4O3S. The number of nitrogens with zero attached hydrogens (tertiary/aromatic N) is 1. The lowest BCUT2D eigenvalue weighted by molar-refractivity contribution is -0.122. The summed E-state index contributed by atoms with van der Waals surface area (Å²) in [7, 11) is 3.39. The molecule has 1 heterocycles. The van der Waals surface area contributed by atoms with E-state index in [1.54, 1.807) is 7.05 Å². The first-order chi connectivity index (χ1) is 12.5. The van der Waals surface area contributed by atoms with Crippen molar-refractivity contribution in [3.8, 4) is 5.75 Å². The molecule has 0 bridgehead atoms. The molecule has 2 rings (SSSR count). The minimum Gasteiger partial charge on any atom is -0.484 e. The third-order valence-electron chi connectivity index (χ3n) is 3.85. The van der Waals surface area contributed by atoms with Crippen molar-refractivity contribution in [2.24, 2.45) is 0 Å². The minimum absolute atomic E-state index is 0.0115. The van der Waals surface area contributed by atoms with Gasteiger partial charge in [0.25, 0.3) is 5.91 Å². The van der Waals surface area contributed by atoms with Gasteiger partial charge in [0, 0.05) is 32.1 Å². The van der Waals surface area contributed by atoms with Gasteiger partial charge >= 0.3 is 0 Å². The highest BCUT2D eigenvalue weighted by Crippen LogP contribution is 2.20. The third-order valence-corrected chi connectivity index (χ3v) is 4.73. The molecule has 0 aliphatic carbocycles. The lowest BCUT2D eigenvalue weighted by Gasteiger charge is -2.16. The molecule has 1 aromatic carbocycles. The molecule has 142 valence electrons. The number of likely N-dealkylation sites (N-methyl/N-ethyl adjacent to an activating group) is 1. The molecule has 4 N–H and O–H groups in total. The van der Waals surface area contributed by atoms with Gasteiger partial charge in [-0.1, -0.05) is 12.1 Å². The maximum absolute atomic E-state index is 11.2. The van der Waals surface area contributed by atoms with Gasteiger partial charge in [0.15, 0.2) is 11.7 Å². The average Bonchev–Trinajstić information content (AvgIpc) is 3.14. The molecular weight excluding hydrogens is 352 g/mol. The Hall–Kier alpha value is -2.16. The van der Waals surface area contributed by atoms with Crippen molar-refractivity contribution in [3.63, 3.8) is 0 Å². The maximum Gasteiger partial charge on any atom is 0.257 e. The molecule has 26 heavy (non-hydrogen) atoms. The molecule has 0 aliphatic heterocycles. The number of aliphatic hydroxyl groups excluding tert-OH is 1. The number of aliphatic hydroxyl groups is 1. The fourth-order valence-electron chi connectivity index (χ4n) is 2.34. The van der Waals surface area contributed by atoms with Crippen molar-refractivity contribution in [1.82, 2.24) is 15.6 Å². The largest absolute Gasteiger partial charge is 0.484 e. The number of benzene rings is 1. The first kappa shape index (κ1) is 20.2. The molecule has 2 atom stereocenters. The molecule has 2 aromatic rings. The van der Waals surface area contributed by atoms with Crippen molar-refractivity contribution < 1.29 is 14.6 Å². The second kappa shape index (κ2) is 10.1. The number of thiazole rings is 1. The predicted molar refractivity (Wildman–Crippen MR) is 104 cm³/mol. The molecule has 7 nitrogen and oxygen atoms in total. The van der Waals surface area contributed by atoms with Crippen molar-refractivity contribution in [3.05, 3.63) is 40.9 Å². The van der Waals surface area contributed by atoms with E-state index in [1.807, 2.05) is 36.7 Å². The van der Waals surface area contributed by atoms with Crippen LogP contribution in [0.25, 0.3) is 0 Å². The average molecular weight is 378 g/mol. The first-order valence-electron chi connectivity index (χ1n) is 8.48. The van der Waals surface area contributed by atoms with Crippen molar-refractivity contribution in [2.45, 2.75) is 25.5 Å². The number of nitrogens with one attached hydrogen (secondary N) is 3. The monoisotopic (exact) mass is 378 g/mol. The SMILES string of the molecule is CNC(=O)COc1ccc(CC(C)NCC(O)c2csc(NC)n2)cc1. The molecule has 0 saturated carbocycles. The van der Waals surface area contributed by atoms with E-state index in [2.05, 4.69) is 27.9 Å². The summed E-state index contributed by atoms with van der Waals surface area (Å²) in [5.74, 6) is 0.504. The summed E-state index contributed by atoms with van der Waals surface area (Å²) in [6, 6.07) is 7.87. The highest BCUT2D eigenvalue weighted by molar-refractivity contribution is 7.13. The Morgan fingerprint density at radius 1 is 1.31 bits per heavy atom. The summed E-state index contributed by atoms with van der Waals surface area (Å²) in [5.41, 5.74) is 1.83. The van der Waals surface area contributed by atoms with Crippen LogP contribution in [0.5, 0.6) is 5.75 Å². The van der Waals surface area contributed by atoms with E-state index < -0.39 is 6.10 Å². The number of carbonyl (C=O) groups excluding carboxylic acids is 1. The fraction of sp³-hybridized carbons (Fsp3) is 0.444. The van der Waals surface area contributed by atoms with E-state index in [9.17, 15) is 9.90 Å². The minimum atomic E-state index is -0.628. The Balaban J connectivity index is 1.76. The first-order valence-corrected chi connectivity index (χ1v) is 9.36. The number of carbonyl (C=O) groups is 1. The summed E-state index contributed by atoms with van der Waals surface area (Å²) in [4.78, 5) is 15.5. The number of ether oxygens (including phenoxy) is 1. The zero-order valence-electron chi connectivity index (χ0n) is 15.3. The van der Waals surface area contributed by atoms with Crippen LogP contribution in [0, 0.1) is 0 Å². The predicted octanol–water partition coefficient (Wildman–Crippen LogP) is 1.56. The topological polar surface area (TPSA) is 95.5 Å². The summed E-state index contributed by atoms with van der Waals surface area (Å²) in [5, 5.41) is 21.7. The summed E-state index contributed by atoms with van der Waals surface area (Å²) >= 11 is 1.48. The van der Waals surface area contributed by atoms with Crippen LogP contribution in [0.15, 0.2) is 29.6 Å². The Bertz CT molecular complexity index is 690. The highest BCUT2D eigenvalue weighted by atomic mass is 32.1. The number of hydrogen-bond acceptors (Lipinski definition) is 7. The molecule has 1 aromatic heterocycles. The van der Waals surface area contributed by atoms with Crippen LogP contribution in [0.4, 0.5) is 5.13 Å². The van der Waals surface area contributed by atoms with Crippen LogP contribution in [0.3, 0.4) is 0 Å². The van der Waals surface area contributed by atoms with Crippen molar-refractivity contribution in [2.75, 3.05) is 32.6 Å². The normalized spacial score (nSPS) is 13.1. The molecule has 8 heteroatoms. The Morgan fingerprint density at radius 3 is 2.65 bits per heavy atom. The molecule has 2 unspecified atom stereocenters. The molecule has 0 fully saturated rings. The zero-order chi connectivity index (χ0) is 18.9. The lowest BCUT2D eigenvalue weighted by atomic mass is 10.1. The van der Waals surface area contributed by atoms with Crippen LogP contribution in [-0.4, -0.2) is 49.3 Å². The van der Waals surface area contributed by atoms with Crippen LogP contribution >= 0.6 is 11.3 Å². The van der Waals surface area contributed by atoms with E-state index in [1.165, 1.54) is 11.3 Å². The van der Waals surface area contributed by atoms with Gasteiger partial charge in [0.2, 0.25) is 0 Å². The van der Waals surface area contributed by atoms with Gasteiger partial charge in [-0.2, -0.15) is 0 Å². The summed E-state index contributed by atoms with van der Waals surface area (Å²) < 4.78 is 5.39. The van der Waals surface area contributed by atoms with Crippen LogP contribution in [-0.2, 0) is 11.2 Å². The molecule has 0 radical (unpaired) electrons. The third kappa shape index (κ3) is 6.29. The van der Waals surface area contributed by atoms with Crippen molar-refractivity contribution in [1.29, 1.82) is 0 Å². The number of anilines is 1. The van der Waals surface area contributed by atoms with E-state index in [0.29, 0.717) is 18.0 Å². The number of amides is 1.